The van der Waals surface area contributed by atoms with Gasteiger partial charge in [-0.25, -0.2) is 0 Å². The van der Waals surface area contributed by atoms with Gasteiger partial charge in [0.1, 0.15) is 5.69 Å². The summed E-state index contributed by atoms with van der Waals surface area (Å²) in [7, 11) is 0. The van der Waals surface area contributed by atoms with Gasteiger partial charge < -0.3 is 15.0 Å². The molecular formula is C14H21BrN2O2. The fourth-order valence-electron chi connectivity index (χ4n) is 2.35. The molecule has 1 fully saturated rings. The lowest BCUT2D eigenvalue weighted by atomic mass is 9.98. The van der Waals surface area contributed by atoms with Gasteiger partial charge in [-0.2, -0.15) is 0 Å². The first-order valence-corrected chi connectivity index (χ1v) is 7.79. The lowest BCUT2D eigenvalue weighted by Crippen LogP contribution is -2.26. The van der Waals surface area contributed by atoms with Gasteiger partial charge in [0.2, 0.25) is 0 Å². The average Bonchev–Trinajstić information content (AvgIpc) is 2.86. The molecule has 1 aliphatic rings. The van der Waals surface area contributed by atoms with Crippen molar-refractivity contribution in [3.8, 4) is 0 Å². The van der Waals surface area contributed by atoms with E-state index < -0.39 is 0 Å². The van der Waals surface area contributed by atoms with E-state index in [1.165, 1.54) is 32.1 Å². The zero-order valence-electron chi connectivity index (χ0n) is 11.1. The molecule has 0 radical (unpaired) electrons. The Morgan fingerprint density at radius 2 is 2.21 bits per heavy atom. The van der Waals surface area contributed by atoms with Crippen molar-refractivity contribution in [2.45, 2.75) is 44.6 Å². The van der Waals surface area contributed by atoms with Crippen LogP contribution in [0.4, 0.5) is 0 Å². The fourth-order valence-corrected chi connectivity index (χ4v) is 2.69. The molecule has 0 unspecified atom stereocenters. The minimum absolute atomic E-state index is 0.0663. The van der Waals surface area contributed by atoms with Crippen LogP contribution in [0.1, 0.15) is 49.0 Å². The number of ether oxygens (including phenoxy) is 1. The summed E-state index contributed by atoms with van der Waals surface area (Å²) in [6.45, 7) is 1.39. The zero-order chi connectivity index (χ0) is 13.5. The Hall–Kier alpha value is -0.810. The third-order valence-corrected chi connectivity index (χ3v) is 3.86. The number of carbonyl (C=O) groups is 1. The summed E-state index contributed by atoms with van der Waals surface area (Å²) in [4.78, 5) is 14.6. The molecule has 19 heavy (non-hydrogen) atoms. The predicted octanol–water partition coefficient (Wildman–Crippen LogP) is 3.25. The second-order valence-electron chi connectivity index (χ2n) is 4.97. The highest BCUT2D eigenvalue weighted by atomic mass is 79.9. The topological polar surface area (TPSA) is 54.1 Å². The van der Waals surface area contributed by atoms with Crippen molar-refractivity contribution in [3.63, 3.8) is 0 Å². The molecule has 2 N–H and O–H groups in total. The Balaban J connectivity index is 1.55. The van der Waals surface area contributed by atoms with Crippen LogP contribution in [0.2, 0.25) is 0 Å². The lowest BCUT2D eigenvalue weighted by molar-refractivity contribution is 0.0273. The van der Waals surface area contributed by atoms with Crippen LogP contribution in [-0.4, -0.2) is 30.1 Å². The molecule has 2 rings (SSSR count). The molecule has 5 heteroatoms. The van der Waals surface area contributed by atoms with E-state index in [4.69, 9.17) is 4.74 Å². The monoisotopic (exact) mass is 328 g/mol. The molecule has 1 aromatic heterocycles. The first kappa shape index (κ1) is 14.6. The summed E-state index contributed by atoms with van der Waals surface area (Å²) in [5, 5.41) is 2.88. The van der Waals surface area contributed by atoms with Crippen LogP contribution in [0.5, 0.6) is 0 Å². The van der Waals surface area contributed by atoms with Crippen molar-refractivity contribution < 1.29 is 9.53 Å². The number of hydrogen-bond donors (Lipinski definition) is 2. The van der Waals surface area contributed by atoms with Crippen LogP contribution in [0, 0.1) is 0 Å². The number of amides is 1. The quantitative estimate of drug-likeness (QED) is 0.787. The van der Waals surface area contributed by atoms with Crippen LogP contribution in [0.25, 0.3) is 0 Å². The van der Waals surface area contributed by atoms with Gasteiger partial charge in [0.05, 0.1) is 6.10 Å². The van der Waals surface area contributed by atoms with Crippen LogP contribution in [0.15, 0.2) is 16.7 Å². The minimum Gasteiger partial charge on any atom is -0.378 e. The molecule has 4 nitrogen and oxygen atoms in total. The highest BCUT2D eigenvalue weighted by Gasteiger charge is 2.13. The number of aromatic nitrogens is 1. The highest BCUT2D eigenvalue weighted by molar-refractivity contribution is 9.10. The summed E-state index contributed by atoms with van der Waals surface area (Å²) >= 11 is 3.31. The average molecular weight is 329 g/mol. The van der Waals surface area contributed by atoms with Crippen LogP contribution < -0.4 is 5.32 Å². The Bertz CT molecular complexity index is 400. The molecular weight excluding hydrogens is 308 g/mol. The molecule has 1 heterocycles. The van der Waals surface area contributed by atoms with E-state index in [9.17, 15) is 4.79 Å². The number of hydrogen-bond acceptors (Lipinski definition) is 2. The van der Waals surface area contributed by atoms with Crippen molar-refractivity contribution in [2.24, 2.45) is 0 Å². The number of H-pyrrole nitrogens is 1. The van der Waals surface area contributed by atoms with Gasteiger partial charge in [-0.1, -0.05) is 19.3 Å². The Morgan fingerprint density at radius 3 is 2.89 bits per heavy atom. The molecule has 106 valence electrons. The van der Waals surface area contributed by atoms with E-state index in [0.29, 0.717) is 18.3 Å². The highest BCUT2D eigenvalue weighted by Crippen LogP contribution is 2.20. The van der Waals surface area contributed by atoms with Gasteiger partial charge in [0.15, 0.2) is 0 Å². The third kappa shape index (κ3) is 4.99. The number of nitrogens with one attached hydrogen (secondary N) is 2. The van der Waals surface area contributed by atoms with E-state index in [0.717, 1.165) is 17.5 Å². The number of carbonyl (C=O) groups excluding carboxylic acids is 1. The second-order valence-corrected chi connectivity index (χ2v) is 5.89. The smallest absolute Gasteiger partial charge is 0.267 e. The summed E-state index contributed by atoms with van der Waals surface area (Å²) in [5.41, 5.74) is 0.583. The number of halogens is 1. The van der Waals surface area contributed by atoms with Gasteiger partial charge >= 0.3 is 0 Å². The van der Waals surface area contributed by atoms with Crippen LogP contribution in [0.3, 0.4) is 0 Å². The van der Waals surface area contributed by atoms with Gasteiger partial charge in [-0.15, -0.1) is 0 Å². The zero-order valence-corrected chi connectivity index (χ0v) is 12.7. The van der Waals surface area contributed by atoms with Crippen LogP contribution in [-0.2, 0) is 4.74 Å². The maximum atomic E-state index is 11.7. The number of aromatic amines is 1. The molecule has 1 saturated carbocycles. The molecule has 1 aliphatic carbocycles. The maximum Gasteiger partial charge on any atom is 0.267 e. The SMILES string of the molecule is O=C(NCCCOC1CCCCC1)c1cc(Br)c[nH]1. The molecule has 0 aliphatic heterocycles. The van der Waals surface area contributed by atoms with Gasteiger partial charge in [-0.05, 0) is 41.3 Å². The fraction of sp³-hybridized carbons (Fsp3) is 0.643. The number of rotatable bonds is 6. The summed E-state index contributed by atoms with van der Waals surface area (Å²) in [6.07, 6.45) is 9.40. The molecule has 0 atom stereocenters. The summed E-state index contributed by atoms with van der Waals surface area (Å²) in [6, 6.07) is 1.77. The van der Waals surface area contributed by atoms with E-state index >= 15 is 0 Å². The van der Waals surface area contributed by atoms with Crippen molar-refractivity contribution >= 4 is 21.8 Å². The summed E-state index contributed by atoms with van der Waals surface area (Å²) < 4.78 is 6.70. The molecule has 0 aromatic carbocycles. The maximum absolute atomic E-state index is 11.7. The molecule has 0 bridgehead atoms. The Kier molecular flexibility index (Phi) is 5.92. The lowest BCUT2D eigenvalue weighted by Gasteiger charge is -2.21. The minimum atomic E-state index is -0.0663. The van der Waals surface area contributed by atoms with Gasteiger partial charge in [-0.3, -0.25) is 4.79 Å². The predicted molar refractivity (Wildman–Crippen MR) is 78.3 cm³/mol. The molecule has 1 amide bonds. The van der Waals surface area contributed by atoms with E-state index in [-0.39, 0.29) is 5.91 Å². The Morgan fingerprint density at radius 1 is 1.42 bits per heavy atom. The standard InChI is InChI=1S/C14H21BrN2O2/c15-11-9-13(17-10-11)14(18)16-7-4-8-19-12-5-2-1-3-6-12/h9-10,12,17H,1-8H2,(H,16,18). The first-order chi connectivity index (χ1) is 9.25. The third-order valence-electron chi connectivity index (χ3n) is 3.40. The molecule has 1 aromatic rings. The van der Waals surface area contributed by atoms with Crippen molar-refractivity contribution in [3.05, 3.63) is 22.4 Å². The summed E-state index contributed by atoms with van der Waals surface area (Å²) in [5.74, 6) is -0.0663. The van der Waals surface area contributed by atoms with E-state index in [2.05, 4.69) is 26.2 Å². The Labute approximate surface area is 122 Å². The normalized spacial score (nSPS) is 16.5. The first-order valence-electron chi connectivity index (χ1n) is 6.99. The second kappa shape index (κ2) is 7.70. The van der Waals surface area contributed by atoms with E-state index in [1.54, 1.807) is 12.3 Å². The van der Waals surface area contributed by atoms with Gasteiger partial charge in [0, 0.05) is 23.8 Å². The van der Waals surface area contributed by atoms with Gasteiger partial charge in [0.25, 0.3) is 5.91 Å². The van der Waals surface area contributed by atoms with Crippen LogP contribution >= 0.6 is 15.9 Å². The van der Waals surface area contributed by atoms with Crippen molar-refractivity contribution in [1.29, 1.82) is 0 Å². The van der Waals surface area contributed by atoms with Crippen molar-refractivity contribution in [2.75, 3.05) is 13.2 Å². The molecule has 0 saturated heterocycles. The van der Waals surface area contributed by atoms with Crippen molar-refractivity contribution in [1.82, 2.24) is 10.3 Å². The molecule has 0 spiro atoms. The largest absolute Gasteiger partial charge is 0.378 e. The van der Waals surface area contributed by atoms with E-state index in [1.807, 2.05) is 0 Å².